The molecule has 0 aromatic carbocycles. The number of amides is 1. The average Bonchev–Trinajstić information content (AvgIpc) is 2.79. The first kappa shape index (κ1) is 14.8. The quantitative estimate of drug-likeness (QED) is 0.793. The minimum absolute atomic E-state index is 0.143. The van der Waals surface area contributed by atoms with Crippen LogP contribution in [0.1, 0.15) is 39.5 Å². The molecule has 100 valence electrons. The number of hydrogen-bond donors (Lipinski definition) is 1. The van der Waals surface area contributed by atoms with Crippen LogP contribution in [0.4, 0.5) is 0 Å². The van der Waals surface area contributed by atoms with Crippen LogP contribution in [0.25, 0.3) is 0 Å². The second-order valence-electron chi connectivity index (χ2n) is 5.28. The van der Waals surface area contributed by atoms with E-state index in [1.807, 2.05) is 37.6 Å². The van der Waals surface area contributed by atoms with E-state index in [1.165, 1.54) is 5.75 Å². The number of nitrogens with two attached hydrogens (primary N) is 1. The van der Waals surface area contributed by atoms with Crippen molar-refractivity contribution >= 4 is 17.7 Å². The van der Waals surface area contributed by atoms with Gasteiger partial charge in [0.1, 0.15) is 0 Å². The Morgan fingerprint density at radius 2 is 2.18 bits per heavy atom. The van der Waals surface area contributed by atoms with Crippen molar-refractivity contribution in [2.24, 2.45) is 11.7 Å². The molecule has 1 rings (SSSR count). The van der Waals surface area contributed by atoms with E-state index >= 15 is 0 Å². The van der Waals surface area contributed by atoms with Gasteiger partial charge in [-0.25, -0.2) is 0 Å². The van der Waals surface area contributed by atoms with Crippen molar-refractivity contribution < 1.29 is 4.79 Å². The van der Waals surface area contributed by atoms with E-state index in [4.69, 9.17) is 5.73 Å². The molecular weight excluding hydrogens is 232 g/mol. The van der Waals surface area contributed by atoms with Gasteiger partial charge in [-0.1, -0.05) is 13.3 Å². The summed E-state index contributed by atoms with van der Waals surface area (Å²) in [7, 11) is 1.96. The SMILES string of the molecule is CC(N)CCCC(C)C(=O)N(C)C1CCSC1. The van der Waals surface area contributed by atoms with Crippen molar-refractivity contribution in [2.45, 2.75) is 51.6 Å². The highest BCUT2D eigenvalue weighted by molar-refractivity contribution is 7.99. The Morgan fingerprint density at radius 3 is 2.71 bits per heavy atom. The molecule has 3 unspecified atom stereocenters. The van der Waals surface area contributed by atoms with Gasteiger partial charge in [-0.2, -0.15) is 11.8 Å². The molecule has 2 N–H and O–H groups in total. The molecule has 0 aromatic rings. The van der Waals surface area contributed by atoms with E-state index in [0.717, 1.165) is 31.4 Å². The molecule has 1 saturated heterocycles. The first-order valence-corrected chi connectivity index (χ1v) is 7.77. The summed E-state index contributed by atoms with van der Waals surface area (Å²) in [6.07, 6.45) is 4.18. The van der Waals surface area contributed by atoms with E-state index in [1.54, 1.807) is 0 Å². The van der Waals surface area contributed by atoms with Gasteiger partial charge in [-0.15, -0.1) is 0 Å². The molecule has 1 amide bonds. The van der Waals surface area contributed by atoms with Crippen LogP contribution in [0.3, 0.4) is 0 Å². The van der Waals surface area contributed by atoms with Crippen LogP contribution in [0.15, 0.2) is 0 Å². The zero-order chi connectivity index (χ0) is 12.8. The third-order valence-electron chi connectivity index (χ3n) is 3.52. The molecule has 0 aromatic heterocycles. The third kappa shape index (κ3) is 4.88. The summed E-state index contributed by atoms with van der Waals surface area (Å²) < 4.78 is 0. The van der Waals surface area contributed by atoms with Crippen molar-refractivity contribution in [3.05, 3.63) is 0 Å². The highest BCUT2D eigenvalue weighted by atomic mass is 32.2. The molecule has 0 bridgehead atoms. The number of nitrogens with zero attached hydrogens (tertiary/aromatic N) is 1. The number of hydrogen-bond acceptors (Lipinski definition) is 3. The molecule has 4 heteroatoms. The summed E-state index contributed by atoms with van der Waals surface area (Å²) in [5.74, 6) is 2.75. The van der Waals surface area contributed by atoms with Gasteiger partial charge in [0, 0.05) is 30.8 Å². The normalized spacial score (nSPS) is 23.4. The molecule has 17 heavy (non-hydrogen) atoms. The van der Waals surface area contributed by atoms with E-state index in [0.29, 0.717) is 11.9 Å². The first-order valence-electron chi connectivity index (χ1n) is 6.62. The van der Waals surface area contributed by atoms with Crippen LogP contribution < -0.4 is 5.73 Å². The van der Waals surface area contributed by atoms with Gasteiger partial charge in [0.25, 0.3) is 0 Å². The lowest BCUT2D eigenvalue weighted by atomic mass is 10.00. The molecule has 0 aliphatic carbocycles. The standard InChI is InChI=1S/C13H26N2OS/c1-10(5-4-6-11(2)14)13(16)15(3)12-7-8-17-9-12/h10-12H,4-9,14H2,1-3H3. The van der Waals surface area contributed by atoms with Crippen LogP contribution in [0.5, 0.6) is 0 Å². The van der Waals surface area contributed by atoms with Gasteiger partial charge in [0.05, 0.1) is 0 Å². The summed E-state index contributed by atoms with van der Waals surface area (Å²) >= 11 is 1.95. The molecular formula is C13H26N2OS. The average molecular weight is 258 g/mol. The van der Waals surface area contributed by atoms with E-state index < -0.39 is 0 Å². The van der Waals surface area contributed by atoms with Crippen molar-refractivity contribution in [3.8, 4) is 0 Å². The van der Waals surface area contributed by atoms with Crippen molar-refractivity contribution in [1.29, 1.82) is 0 Å². The number of carbonyl (C=O) groups is 1. The zero-order valence-corrected chi connectivity index (χ0v) is 12.1. The molecule has 1 aliphatic rings. The van der Waals surface area contributed by atoms with Gasteiger partial charge >= 0.3 is 0 Å². The second-order valence-corrected chi connectivity index (χ2v) is 6.43. The fourth-order valence-electron chi connectivity index (χ4n) is 2.22. The van der Waals surface area contributed by atoms with Gasteiger partial charge in [-0.05, 0) is 31.9 Å². The van der Waals surface area contributed by atoms with Crippen LogP contribution in [0, 0.1) is 5.92 Å². The lowest BCUT2D eigenvalue weighted by Gasteiger charge is -2.27. The third-order valence-corrected chi connectivity index (χ3v) is 4.66. The summed E-state index contributed by atoms with van der Waals surface area (Å²) in [5.41, 5.74) is 5.72. The molecule has 1 heterocycles. The largest absolute Gasteiger partial charge is 0.342 e. The molecule has 0 spiro atoms. The molecule has 1 fully saturated rings. The highest BCUT2D eigenvalue weighted by Gasteiger charge is 2.26. The second kappa shape index (κ2) is 7.27. The van der Waals surface area contributed by atoms with Gasteiger partial charge in [0.15, 0.2) is 0 Å². The topological polar surface area (TPSA) is 46.3 Å². The Morgan fingerprint density at radius 1 is 1.47 bits per heavy atom. The summed E-state index contributed by atoms with van der Waals surface area (Å²) in [6.45, 7) is 4.07. The van der Waals surface area contributed by atoms with Gasteiger partial charge in [0.2, 0.25) is 5.91 Å². The summed E-state index contributed by atoms with van der Waals surface area (Å²) in [5, 5.41) is 0. The fraction of sp³-hybridized carbons (Fsp3) is 0.923. The predicted octanol–water partition coefficient (Wildman–Crippen LogP) is 2.10. The summed E-state index contributed by atoms with van der Waals surface area (Å²) in [4.78, 5) is 14.2. The number of thioether (sulfide) groups is 1. The smallest absolute Gasteiger partial charge is 0.225 e. The molecule has 3 atom stereocenters. The van der Waals surface area contributed by atoms with Crippen LogP contribution >= 0.6 is 11.8 Å². The summed E-state index contributed by atoms with van der Waals surface area (Å²) in [6, 6.07) is 0.713. The fourth-order valence-corrected chi connectivity index (χ4v) is 3.49. The predicted molar refractivity (Wildman–Crippen MR) is 75.2 cm³/mol. The van der Waals surface area contributed by atoms with Gasteiger partial charge < -0.3 is 10.6 Å². The Bertz CT molecular complexity index is 240. The zero-order valence-electron chi connectivity index (χ0n) is 11.3. The lowest BCUT2D eigenvalue weighted by molar-refractivity contribution is -0.135. The lowest BCUT2D eigenvalue weighted by Crippen LogP contribution is -2.40. The maximum atomic E-state index is 12.2. The van der Waals surface area contributed by atoms with Crippen molar-refractivity contribution in [2.75, 3.05) is 18.6 Å². The Labute approximate surface area is 109 Å². The van der Waals surface area contributed by atoms with Gasteiger partial charge in [-0.3, -0.25) is 4.79 Å². The number of carbonyl (C=O) groups excluding carboxylic acids is 1. The monoisotopic (exact) mass is 258 g/mol. The van der Waals surface area contributed by atoms with E-state index in [9.17, 15) is 4.79 Å². The maximum Gasteiger partial charge on any atom is 0.225 e. The van der Waals surface area contributed by atoms with E-state index in [-0.39, 0.29) is 12.0 Å². The van der Waals surface area contributed by atoms with E-state index in [2.05, 4.69) is 0 Å². The highest BCUT2D eigenvalue weighted by Crippen LogP contribution is 2.23. The minimum atomic E-state index is 0.143. The van der Waals surface area contributed by atoms with Crippen molar-refractivity contribution in [3.63, 3.8) is 0 Å². The Kier molecular flexibility index (Phi) is 6.34. The number of rotatable bonds is 6. The maximum absolute atomic E-state index is 12.2. The minimum Gasteiger partial charge on any atom is -0.342 e. The molecule has 3 nitrogen and oxygen atoms in total. The molecule has 0 saturated carbocycles. The van der Waals surface area contributed by atoms with Crippen LogP contribution in [-0.2, 0) is 4.79 Å². The van der Waals surface area contributed by atoms with Crippen molar-refractivity contribution in [1.82, 2.24) is 4.90 Å². The first-order chi connectivity index (χ1) is 8.02. The Balaban J connectivity index is 2.29. The van der Waals surface area contributed by atoms with Crippen LogP contribution in [0.2, 0.25) is 0 Å². The molecule has 1 aliphatic heterocycles. The van der Waals surface area contributed by atoms with Crippen LogP contribution in [-0.4, -0.2) is 41.4 Å². The Hall–Kier alpha value is -0.220. The molecule has 0 radical (unpaired) electrons.